The number of carbonyl (C=O) groups is 1. The second-order valence-corrected chi connectivity index (χ2v) is 7.80. The molecule has 0 saturated carbocycles. The molecule has 0 radical (unpaired) electrons. The Balaban J connectivity index is 1.71. The molecule has 1 heterocycles. The third kappa shape index (κ3) is 3.77. The largest absolute Gasteiger partial charge is 0.312 e. The van der Waals surface area contributed by atoms with Crippen LogP contribution in [0.4, 0.5) is 5.69 Å². The molecule has 3 rings (SSSR count). The van der Waals surface area contributed by atoms with Gasteiger partial charge in [0.1, 0.15) is 0 Å². The molecular formula is C17H17ClN2O3S. The van der Waals surface area contributed by atoms with Crippen molar-refractivity contribution in [2.75, 3.05) is 11.4 Å². The summed E-state index contributed by atoms with van der Waals surface area (Å²) in [6, 6.07) is 13.4. The number of amides is 1. The first-order chi connectivity index (χ1) is 11.5. The van der Waals surface area contributed by atoms with Gasteiger partial charge in [0.05, 0.1) is 4.90 Å². The Morgan fingerprint density at radius 3 is 2.50 bits per heavy atom. The van der Waals surface area contributed by atoms with Gasteiger partial charge in [-0.3, -0.25) is 4.79 Å². The van der Waals surface area contributed by atoms with Crippen molar-refractivity contribution in [1.29, 1.82) is 0 Å². The fraction of sp³-hybridized carbons (Fsp3) is 0.235. The van der Waals surface area contributed by atoms with Crippen LogP contribution in [0.15, 0.2) is 53.4 Å². The van der Waals surface area contributed by atoms with E-state index >= 15 is 0 Å². The molecule has 7 heteroatoms. The summed E-state index contributed by atoms with van der Waals surface area (Å²) < 4.78 is 27.3. The van der Waals surface area contributed by atoms with E-state index in [1.165, 1.54) is 12.1 Å². The Morgan fingerprint density at radius 2 is 1.88 bits per heavy atom. The topological polar surface area (TPSA) is 66.5 Å². The molecule has 0 unspecified atom stereocenters. The number of sulfonamides is 1. The quantitative estimate of drug-likeness (QED) is 0.887. The van der Waals surface area contributed by atoms with Gasteiger partial charge in [-0.05, 0) is 48.4 Å². The van der Waals surface area contributed by atoms with Gasteiger partial charge >= 0.3 is 0 Å². The Hall–Kier alpha value is -1.89. The molecule has 1 saturated heterocycles. The normalized spacial score (nSPS) is 15.0. The molecule has 1 fully saturated rings. The molecule has 126 valence electrons. The van der Waals surface area contributed by atoms with Crippen molar-refractivity contribution in [1.82, 2.24) is 4.72 Å². The Bertz CT molecular complexity index is 850. The van der Waals surface area contributed by atoms with Crippen molar-refractivity contribution in [2.45, 2.75) is 24.3 Å². The third-order valence-corrected chi connectivity index (χ3v) is 5.54. The summed E-state index contributed by atoms with van der Waals surface area (Å²) in [5.41, 5.74) is 1.51. The average molecular weight is 365 g/mol. The molecule has 1 N–H and O–H groups in total. The monoisotopic (exact) mass is 364 g/mol. The first kappa shape index (κ1) is 17.0. The van der Waals surface area contributed by atoms with Crippen LogP contribution in [-0.4, -0.2) is 20.9 Å². The zero-order valence-corrected chi connectivity index (χ0v) is 14.5. The molecule has 24 heavy (non-hydrogen) atoms. The lowest BCUT2D eigenvalue weighted by Gasteiger charge is -2.16. The number of hydrogen-bond acceptors (Lipinski definition) is 3. The predicted molar refractivity (Wildman–Crippen MR) is 93.5 cm³/mol. The second kappa shape index (κ2) is 6.93. The predicted octanol–water partition coefficient (Wildman–Crippen LogP) is 2.95. The van der Waals surface area contributed by atoms with Crippen LogP contribution in [0.3, 0.4) is 0 Å². The molecule has 0 spiro atoms. The van der Waals surface area contributed by atoms with E-state index < -0.39 is 10.0 Å². The van der Waals surface area contributed by atoms with Gasteiger partial charge in [-0.25, -0.2) is 13.1 Å². The first-order valence-electron chi connectivity index (χ1n) is 7.60. The van der Waals surface area contributed by atoms with Crippen molar-refractivity contribution in [3.05, 3.63) is 59.1 Å². The molecule has 2 aromatic carbocycles. The molecular weight excluding hydrogens is 348 g/mol. The number of benzene rings is 2. The van der Waals surface area contributed by atoms with Gasteiger partial charge in [0.25, 0.3) is 0 Å². The summed E-state index contributed by atoms with van der Waals surface area (Å²) in [6.07, 6.45) is 1.38. The maximum absolute atomic E-state index is 12.4. The van der Waals surface area contributed by atoms with Crippen molar-refractivity contribution in [3.8, 4) is 0 Å². The first-order valence-corrected chi connectivity index (χ1v) is 9.46. The molecule has 0 aromatic heterocycles. The fourth-order valence-electron chi connectivity index (χ4n) is 2.63. The molecule has 1 aliphatic rings. The highest BCUT2D eigenvalue weighted by molar-refractivity contribution is 7.89. The minimum Gasteiger partial charge on any atom is -0.312 e. The Kier molecular flexibility index (Phi) is 4.89. The molecule has 5 nitrogen and oxygen atoms in total. The fourth-order valence-corrected chi connectivity index (χ4v) is 3.87. The Morgan fingerprint density at radius 1 is 1.12 bits per heavy atom. The second-order valence-electron chi connectivity index (χ2n) is 5.60. The smallest absolute Gasteiger partial charge is 0.240 e. The summed E-state index contributed by atoms with van der Waals surface area (Å²) in [4.78, 5) is 13.6. The van der Waals surface area contributed by atoms with E-state index in [4.69, 9.17) is 11.6 Å². The highest BCUT2D eigenvalue weighted by Gasteiger charge is 2.22. The van der Waals surface area contributed by atoms with Crippen LogP contribution in [0.5, 0.6) is 0 Å². The van der Waals surface area contributed by atoms with E-state index in [1.54, 1.807) is 41.3 Å². The zero-order chi connectivity index (χ0) is 17.2. The molecule has 2 aromatic rings. The Labute approximate surface area is 146 Å². The van der Waals surface area contributed by atoms with Crippen molar-refractivity contribution in [3.63, 3.8) is 0 Å². The van der Waals surface area contributed by atoms with Crippen LogP contribution in [0.1, 0.15) is 18.4 Å². The van der Waals surface area contributed by atoms with E-state index in [0.29, 0.717) is 18.0 Å². The minimum absolute atomic E-state index is 0.0738. The van der Waals surface area contributed by atoms with Crippen LogP contribution >= 0.6 is 11.6 Å². The zero-order valence-electron chi connectivity index (χ0n) is 12.9. The van der Waals surface area contributed by atoms with Gasteiger partial charge in [-0.15, -0.1) is 0 Å². The lowest BCUT2D eigenvalue weighted by Crippen LogP contribution is -2.25. The van der Waals surface area contributed by atoms with Gasteiger partial charge in [0, 0.05) is 30.2 Å². The van der Waals surface area contributed by atoms with Crippen LogP contribution in [0, 0.1) is 0 Å². The SMILES string of the molecule is O=C1CCCN1c1ccc(S(=O)(=O)NCc2cccc(Cl)c2)cc1. The number of anilines is 1. The van der Waals surface area contributed by atoms with Gasteiger partial charge in [0.15, 0.2) is 0 Å². The van der Waals surface area contributed by atoms with Crippen LogP contribution in [-0.2, 0) is 21.4 Å². The van der Waals surface area contributed by atoms with Crippen molar-refractivity contribution >= 4 is 33.2 Å². The molecule has 1 aliphatic heterocycles. The number of halogens is 1. The number of nitrogens with one attached hydrogen (secondary N) is 1. The van der Waals surface area contributed by atoms with E-state index in [9.17, 15) is 13.2 Å². The molecule has 0 bridgehead atoms. The van der Waals surface area contributed by atoms with Gasteiger partial charge in [-0.2, -0.15) is 0 Å². The third-order valence-electron chi connectivity index (χ3n) is 3.89. The van der Waals surface area contributed by atoms with Crippen LogP contribution in [0.25, 0.3) is 0 Å². The van der Waals surface area contributed by atoms with E-state index in [1.807, 2.05) is 0 Å². The molecule has 0 aliphatic carbocycles. The minimum atomic E-state index is -3.62. The lowest BCUT2D eigenvalue weighted by molar-refractivity contribution is -0.117. The molecule has 0 atom stereocenters. The maximum Gasteiger partial charge on any atom is 0.240 e. The molecule has 1 amide bonds. The standard InChI is InChI=1S/C17H17ClN2O3S/c18-14-4-1-3-13(11-14)12-19-24(22,23)16-8-6-15(7-9-16)20-10-2-5-17(20)21/h1,3-4,6-9,11,19H,2,5,10,12H2. The summed E-state index contributed by atoms with van der Waals surface area (Å²) in [6.45, 7) is 0.840. The van der Waals surface area contributed by atoms with E-state index in [0.717, 1.165) is 17.7 Å². The summed E-state index contributed by atoms with van der Waals surface area (Å²) in [5, 5.41) is 0.561. The van der Waals surface area contributed by atoms with Crippen LogP contribution < -0.4 is 9.62 Å². The summed E-state index contributed by atoms with van der Waals surface area (Å²) in [7, 11) is -3.62. The number of hydrogen-bond donors (Lipinski definition) is 1. The van der Waals surface area contributed by atoms with E-state index in [2.05, 4.69) is 4.72 Å². The average Bonchev–Trinajstić information content (AvgIpc) is 2.99. The maximum atomic E-state index is 12.4. The summed E-state index contributed by atoms with van der Waals surface area (Å²) in [5.74, 6) is 0.0738. The van der Waals surface area contributed by atoms with Crippen molar-refractivity contribution < 1.29 is 13.2 Å². The highest BCUT2D eigenvalue weighted by atomic mass is 35.5. The van der Waals surface area contributed by atoms with Gasteiger partial charge in [0.2, 0.25) is 15.9 Å². The summed E-state index contributed by atoms with van der Waals surface area (Å²) >= 11 is 5.89. The van der Waals surface area contributed by atoms with Gasteiger partial charge in [-0.1, -0.05) is 23.7 Å². The van der Waals surface area contributed by atoms with E-state index in [-0.39, 0.29) is 17.3 Å². The van der Waals surface area contributed by atoms with Crippen LogP contribution in [0.2, 0.25) is 5.02 Å². The lowest BCUT2D eigenvalue weighted by atomic mass is 10.2. The number of carbonyl (C=O) groups excluding carboxylic acids is 1. The van der Waals surface area contributed by atoms with Crippen molar-refractivity contribution in [2.24, 2.45) is 0 Å². The van der Waals surface area contributed by atoms with Gasteiger partial charge < -0.3 is 4.90 Å². The number of nitrogens with zero attached hydrogens (tertiary/aromatic N) is 1. The number of rotatable bonds is 5. The highest BCUT2D eigenvalue weighted by Crippen LogP contribution is 2.23.